The van der Waals surface area contributed by atoms with E-state index in [9.17, 15) is 10.2 Å². The minimum absolute atomic E-state index is 0.0293. The normalized spacial score (nSPS) is 37.3. The van der Waals surface area contributed by atoms with Crippen LogP contribution in [0.1, 0.15) is 17.0 Å². The third kappa shape index (κ3) is 1.77. The number of aliphatic hydroxyl groups is 2. The van der Waals surface area contributed by atoms with E-state index in [4.69, 9.17) is 14.2 Å². The SMILES string of the molecule is CO[C@@H]1CN2Cc3cc4c(cc3[C@@H]3[C@H](O)[C@@H](O)C=C1[C@@H]32)OCO4. The minimum atomic E-state index is -0.875. The standard InChI is InChI=1S/C17H19NO5/c1-21-14-6-18-5-8-2-12-13(23-7-22-12)4-9(8)15-16(18)10(14)3-11(19)17(15)20/h2-4,11,14-17,19-20H,5-7H2,1H3/t11-,14+,15-,16-,17+/m0/s1. The highest BCUT2D eigenvalue weighted by Gasteiger charge is 2.52. The maximum atomic E-state index is 10.7. The summed E-state index contributed by atoms with van der Waals surface area (Å²) in [5.41, 5.74) is 3.25. The fourth-order valence-corrected chi connectivity index (χ4v) is 4.56. The lowest BCUT2D eigenvalue weighted by molar-refractivity contribution is -0.00159. The zero-order valence-corrected chi connectivity index (χ0v) is 12.8. The molecule has 1 aromatic carbocycles. The highest BCUT2D eigenvalue weighted by Crippen LogP contribution is 2.50. The highest BCUT2D eigenvalue weighted by molar-refractivity contribution is 5.53. The Morgan fingerprint density at radius 3 is 2.78 bits per heavy atom. The van der Waals surface area contributed by atoms with Crippen LogP contribution in [0.5, 0.6) is 11.5 Å². The van der Waals surface area contributed by atoms with E-state index in [2.05, 4.69) is 4.90 Å². The van der Waals surface area contributed by atoms with E-state index in [1.807, 2.05) is 12.1 Å². The summed E-state index contributed by atoms with van der Waals surface area (Å²) < 4.78 is 16.6. The molecule has 5 atom stereocenters. The molecule has 0 spiro atoms. The van der Waals surface area contributed by atoms with Crippen molar-refractivity contribution in [3.8, 4) is 11.5 Å². The fraction of sp³-hybridized carbons (Fsp3) is 0.529. The Morgan fingerprint density at radius 1 is 1.22 bits per heavy atom. The van der Waals surface area contributed by atoms with Gasteiger partial charge in [-0.2, -0.15) is 0 Å². The summed E-state index contributed by atoms with van der Waals surface area (Å²) in [5.74, 6) is 1.30. The number of fused-ring (bicyclic) bond motifs is 3. The van der Waals surface area contributed by atoms with E-state index in [0.717, 1.165) is 41.3 Å². The number of hydrogen-bond donors (Lipinski definition) is 2. The van der Waals surface area contributed by atoms with E-state index < -0.39 is 12.2 Å². The Morgan fingerprint density at radius 2 is 2.00 bits per heavy atom. The van der Waals surface area contributed by atoms with Gasteiger partial charge in [0.2, 0.25) is 6.79 Å². The van der Waals surface area contributed by atoms with Crippen LogP contribution in [0.2, 0.25) is 0 Å². The summed E-state index contributed by atoms with van der Waals surface area (Å²) in [5, 5.41) is 21.0. The summed E-state index contributed by atoms with van der Waals surface area (Å²) in [6.45, 7) is 1.79. The average Bonchev–Trinajstić information content (AvgIpc) is 3.13. The van der Waals surface area contributed by atoms with Crippen LogP contribution in [0.25, 0.3) is 0 Å². The van der Waals surface area contributed by atoms with Crippen LogP contribution in [0.15, 0.2) is 23.8 Å². The van der Waals surface area contributed by atoms with Crippen molar-refractivity contribution in [1.29, 1.82) is 0 Å². The zero-order chi connectivity index (χ0) is 15.7. The first-order valence-corrected chi connectivity index (χ1v) is 7.94. The maximum absolute atomic E-state index is 10.7. The number of methoxy groups -OCH3 is 1. The third-order valence-electron chi connectivity index (χ3n) is 5.58. The van der Waals surface area contributed by atoms with Crippen molar-refractivity contribution in [3.63, 3.8) is 0 Å². The van der Waals surface area contributed by atoms with E-state index in [1.165, 1.54) is 0 Å². The number of benzene rings is 1. The minimum Gasteiger partial charge on any atom is -0.454 e. The molecule has 0 amide bonds. The summed E-state index contributed by atoms with van der Waals surface area (Å²) in [6.07, 6.45) is 0.0395. The predicted molar refractivity (Wildman–Crippen MR) is 80.4 cm³/mol. The molecule has 2 N–H and O–H groups in total. The van der Waals surface area contributed by atoms with Gasteiger partial charge in [-0.25, -0.2) is 0 Å². The molecular formula is C17H19NO5. The van der Waals surface area contributed by atoms with Gasteiger partial charge in [0.1, 0.15) is 0 Å². The van der Waals surface area contributed by atoms with E-state index in [1.54, 1.807) is 13.2 Å². The summed E-state index contributed by atoms with van der Waals surface area (Å²) in [7, 11) is 1.69. The lowest BCUT2D eigenvalue weighted by Gasteiger charge is -2.44. The molecule has 6 nitrogen and oxygen atoms in total. The molecule has 23 heavy (non-hydrogen) atoms. The lowest BCUT2D eigenvalue weighted by atomic mass is 9.73. The fourth-order valence-electron chi connectivity index (χ4n) is 4.56. The van der Waals surface area contributed by atoms with Gasteiger partial charge in [-0.1, -0.05) is 6.08 Å². The van der Waals surface area contributed by atoms with Crippen molar-refractivity contribution in [2.45, 2.75) is 36.8 Å². The zero-order valence-electron chi connectivity index (χ0n) is 12.8. The Kier molecular flexibility index (Phi) is 2.82. The molecule has 5 rings (SSSR count). The second-order valence-electron chi connectivity index (χ2n) is 6.68. The highest BCUT2D eigenvalue weighted by atomic mass is 16.7. The Hall–Kier alpha value is -1.60. The third-order valence-corrected chi connectivity index (χ3v) is 5.58. The first kappa shape index (κ1) is 13.8. The van der Waals surface area contributed by atoms with Crippen molar-refractivity contribution >= 4 is 0 Å². The summed E-state index contributed by atoms with van der Waals surface area (Å²) in [6, 6.07) is 4.05. The topological polar surface area (TPSA) is 71.4 Å². The molecule has 0 unspecified atom stereocenters. The van der Waals surface area contributed by atoms with Gasteiger partial charge in [0.05, 0.1) is 18.3 Å². The van der Waals surface area contributed by atoms with Gasteiger partial charge in [0, 0.05) is 32.2 Å². The lowest BCUT2D eigenvalue weighted by Crippen LogP contribution is -2.50. The number of rotatable bonds is 1. The molecule has 0 saturated carbocycles. The summed E-state index contributed by atoms with van der Waals surface area (Å²) in [4.78, 5) is 2.32. The van der Waals surface area contributed by atoms with Gasteiger partial charge < -0.3 is 24.4 Å². The van der Waals surface area contributed by atoms with Crippen LogP contribution in [0.4, 0.5) is 0 Å². The van der Waals surface area contributed by atoms with Gasteiger partial charge in [-0.15, -0.1) is 0 Å². The van der Waals surface area contributed by atoms with Crippen molar-refractivity contribution in [2.75, 3.05) is 20.4 Å². The largest absolute Gasteiger partial charge is 0.454 e. The number of nitrogens with zero attached hydrogens (tertiary/aromatic N) is 1. The first-order chi connectivity index (χ1) is 11.2. The van der Waals surface area contributed by atoms with Gasteiger partial charge in [-0.05, 0) is 28.8 Å². The second kappa shape index (κ2) is 4.70. The number of ether oxygens (including phenoxy) is 3. The smallest absolute Gasteiger partial charge is 0.231 e. The second-order valence-corrected chi connectivity index (χ2v) is 6.68. The molecule has 122 valence electrons. The molecule has 3 aliphatic heterocycles. The Balaban J connectivity index is 1.67. The molecule has 1 aliphatic carbocycles. The first-order valence-electron chi connectivity index (χ1n) is 7.94. The maximum Gasteiger partial charge on any atom is 0.231 e. The molecule has 6 heteroatoms. The van der Waals surface area contributed by atoms with Crippen LogP contribution in [-0.4, -0.2) is 59.9 Å². The predicted octanol–water partition coefficient (Wildman–Crippen LogP) is 0.373. The van der Waals surface area contributed by atoms with Crippen LogP contribution in [0.3, 0.4) is 0 Å². The molecule has 1 aromatic rings. The van der Waals surface area contributed by atoms with Gasteiger partial charge in [0.15, 0.2) is 11.5 Å². The van der Waals surface area contributed by atoms with Crippen LogP contribution >= 0.6 is 0 Å². The van der Waals surface area contributed by atoms with Crippen molar-refractivity contribution in [1.82, 2.24) is 4.90 Å². The Bertz CT molecular complexity index is 702. The quantitative estimate of drug-likeness (QED) is 0.730. The monoisotopic (exact) mass is 317 g/mol. The molecule has 4 aliphatic rings. The summed E-state index contributed by atoms with van der Waals surface area (Å²) >= 11 is 0. The van der Waals surface area contributed by atoms with E-state index >= 15 is 0 Å². The van der Waals surface area contributed by atoms with Crippen molar-refractivity contribution in [2.24, 2.45) is 0 Å². The molecule has 1 saturated heterocycles. The Labute approximate surface area is 133 Å². The number of hydrogen-bond acceptors (Lipinski definition) is 6. The molecule has 0 radical (unpaired) electrons. The van der Waals surface area contributed by atoms with Crippen LogP contribution in [0, 0.1) is 0 Å². The van der Waals surface area contributed by atoms with Crippen LogP contribution < -0.4 is 9.47 Å². The number of aliphatic hydroxyl groups excluding tert-OH is 2. The van der Waals surface area contributed by atoms with E-state index in [-0.39, 0.29) is 24.9 Å². The van der Waals surface area contributed by atoms with Crippen molar-refractivity contribution in [3.05, 3.63) is 34.9 Å². The average molecular weight is 317 g/mol. The molecule has 0 aromatic heterocycles. The van der Waals surface area contributed by atoms with Gasteiger partial charge in [-0.3, -0.25) is 4.90 Å². The van der Waals surface area contributed by atoms with Gasteiger partial charge in [0.25, 0.3) is 0 Å². The molecule has 1 fully saturated rings. The van der Waals surface area contributed by atoms with Crippen molar-refractivity contribution < 1.29 is 24.4 Å². The molecule has 3 heterocycles. The molecule has 0 bridgehead atoms. The molecular weight excluding hydrogens is 298 g/mol. The van der Waals surface area contributed by atoms with Crippen LogP contribution in [-0.2, 0) is 11.3 Å². The van der Waals surface area contributed by atoms with Gasteiger partial charge >= 0.3 is 0 Å². The van der Waals surface area contributed by atoms with E-state index in [0.29, 0.717) is 0 Å².